The lowest BCUT2D eigenvalue weighted by Gasteiger charge is -2.35. The largest absolute Gasteiger partial charge is 0.490 e. The van der Waals surface area contributed by atoms with Gasteiger partial charge >= 0.3 is 6.03 Å². The van der Waals surface area contributed by atoms with Crippen LogP contribution in [0.5, 0.6) is 5.75 Å². The molecule has 1 fully saturated rings. The van der Waals surface area contributed by atoms with Crippen LogP contribution in [-0.2, 0) is 4.79 Å². The number of nitrogens with one attached hydrogen (secondary N) is 2. The maximum Gasteiger partial charge on any atom is 0.326 e. The second-order valence-electron chi connectivity index (χ2n) is 9.40. The Labute approximate surface area is 228 Å². The predicted molar refractivity (Wildman–Crippen MR) is 143 cm³/mol. The molecule has 0 bridgehead atoms. The zero-order valence-electron chi connectivity index (χ0n) is 21.2. The maximum absolute atomic E-state index is 14.2. The van der Waals surface area contributed by atoms with E-state index in [1.807, 2.05) is 12.1 Å². The molecule has 0 saturated carbocycles. The van der Waals surface area contributed by atoms with Crippen molar-refractivity contribution in [2.24, 2.45) is 4.99 Å². The summed E-state index contributed by atoms with van der Waals surface area (Å²) in [5.41, 5.74) is 1.02. The number of ether oxygens (including phenoxy) is 1. The highest BCUT2D eigenvalue weighted by molar-refractivity contribution is 6.30. The summed E-state index contributed by atoms with van der Waals surface area (Å²) in [5.74, 6) is 0.673. The van der Waals surface area contributed by atoms with E-state index in [4.69, 9.17) is 21.3 Å². The number of carbonyl (C=O) groups is 2. The van der Waals surface area contributed by atoms with Crippen LogP contribution in [0.3, 0.4) is 0 Å². The lowest BCUT2D eigenvalue weighted by molar-refractivity contribution is -0.384. The van der Waals surface area contributed by atoms with Crippen molar-refractivity contribution in [2.75, 3.05) is 19.6 Å². The van der Waals surface area contributed by atoms with Crippen LogP contribution in [0, 0.1) is 10.1 Å². The Bertz CT molecular complexity index is 1420. The number of nitrogens with zero attached hydrogens (tertiary/aromatic N) is 5. The Balaban J connectivity index is 1.70. The van der Waals surface area contributed by atoms with Gasteiger partial charge in [0.15, 0.2) is 0 Å². The standard InChI is InChI=1S/C26H26ClN7O5/c1-15(2)39-20-13-18(34(37)38)7-8-19(20)25-31-22(16-3-5-17(27)6-4-16)23(24-29-9-10-30-24)33(25)26(36)32-12-11-28-21(35)14-32/h3-10,13,15,22-23H,11-12,14H2,1-2H3,(H,28,35)(H,29,30). The van der Waals surface area contributed by atoms with Crippen LogP contribution in [0.15, 0.2) is 59.9 Å². The fraction of sp³-hybridized carbons (Fsp3) is 0.308. The lowest BCUT2D eigenvalue weighted by Crippen LogP contribution is -2.55. The molecule has 0 radical (unpaired) electrons. The van der Waals surface area contributed by atoms with E-state index in [9.17, 15) is 19.7 Å². The number of aromatic amines is 1. The number of halogens is 1. The number of rotatable bonds is 6. The van der Waals surface area contributed by atoms with Crippen LogP contribution < -0.4 is 10.1 Å². The molecule has 13 heteroatoms. The summed E-state index contributed by atoms with van der Waals surface area (Å²) in [6.07, 6.45) is 2.93. The van der Waals surface area contributed by atoms with Crippen molar-refractivity contribution in [2.45, 2.75) is 32.0 Å². The summed E-state index contributed by atoms with van der Waals surface area (Å²) < 4.78 is 5.98. The molecule has 39 heavy (non-hydrogen) atoms. The molecule has 3 heterocycles. The quantitative estimate of drug-likeness (QED) is 0.351. The fourth-order valence-corrected chi connectivity index (χ4v) is 4.82. The Hall–Kier alpha value is -4.45. The first kappa shape index (κ1) is 26.2. The van der Waals surface area contributed by atoms with Crippen LogP contribution in [0.2, 0.25) is 5.02 Å². The first-order chi connectivity index (χ1) is 18.7. The van der Waals surface area contributed by atoms with Crippen LogP contribution >= 0.6 is 11.6 Å². The number of amidine groups is 1. The predicted octanol–water partition coefficient (Wildman–Crippen LogP) is 3.86. The van der Waals surface area contributed by atoms with Crippen LogP contribution in [0.1, 0.15) is 42.9 Å². The van der Waals surface area contributed by atoms with E-state index in [1.165, 1.54) is 28.0 Å². The zero-order chi connectivity index (χ0) is 27.7. The van der Waals surface area contributed by atoms with Gasteiger partial charge in [0.2, 0.25) is 5.91 Å². The summed E-state index contributed by atoms with van der Waals surface area (Å²) in [6.45, 7) is 4.11. The molecular formula is C26H26ClN7O5. The average Bonchev–Trinajstić information content (AvgIpc) is 3.56. The number of nitro benzene ring substituents is 1. The molecule has 2 aliphatic rings. The molecule has 3 amide bonds. The van der Waals surface area contributed by atoms with Crippen LogP contribution in [-0.4, -0.2) is 68.2 Å². The summed E-state index contributed by atoms with van der Waals surface area (Å²) in [4.78, 5) is 52.9. The molecule has 2 atom stereocenters. The minimum absolute atomic E-state index is 0.116. The van der Waals surface area contributed by atoms with E-state index in [0.717, 1.165) is 5.56 Å². The Morgan fingerprint density at radius 1 is 1.23 bits per heavy atom. The molecule has 0 aliphatic carbocycles. The number of H-pyrrole nitrogens is 1. The van der Waals surface area contributed by atoms with Crippen molar-refractivity contribution < 1.29 is 19.2 Å². The molecule has 2 aliphatic heterocycles. The van der Waals surface area contributed by atoms with E-state index in [-0.39, 0.29) is 35.8 Å². The highest BCUT2D eigenvalue weighted by atomic mass is 35.5. The highest BCUT2D eigenvalue weighted by Gasteiger charge is 2.46. The second kappa shape index (κ2) is 10.7. The molecular weight excluding hydrogens is 526 g/mol. The Kier molecular flexibility index (Phi) is 7.20. The van der Waals surface area contributed by atoms with Gasteiger partial charge in [-0.15, -0.1) is 0 Å². The van der Waals surface area contributed by atoms with Gasteiger partial charge in [0, 0.05) is 36.6 Å². The van der Waals surface area contributed by atoms with Gasteiger partial charge in [-0.1, -0.05) is 23.7 Å². The average molecular weight is 552 g/mol. The molecule has 3 aromatic rings. The van der Waals surface area contributed by atoms with Crippen molar-refractivity contribution in [3.63, 3.8) is 0 Å². The van der Waals surface area contributed by atoms with Gasteiger partial charge in [0.05, 0.1) is 22.7 Å². The highest BCUT2D eigenvalue weighted by Crippen LogP contribution is 2.44. The van der Waals surface area contributed by atoms with Crippen molar-refractivity contribution in [3.05, 3.63) is 86.9 Å². The summed E-state index contributed by atoms with van der Waals surface area (Å²) in [7, 11) is 0. The normalized spacial score (nSPS) is 19.2. The van der Waals surface area contributed by atoms with Gasteiger partial charge < -0.3 is 19.9 Å². The Morgan fingerprint density at radius 3 is 2.64 bits per heavy atom. The smallest absolute Gasteiger partial charge is 0.326 e. The molecule has 1 aromatic heterocycles. The van der Waals surface area contributed by atoms with Gasteiger partial charge in [-0.2, -0.15) is 0 Å². The van der Waals surface area contributed by atoms with Crippen molar-refractivity contribution in [1.82, 2.24) is 25.1 Å². The van der Waals surface area contributed by atoms with E-state index >= 15 is 0 Å². The third-order valence-electron chi connectivity index (χ3n) is 6.37. The van der Waals surface area contributed by atoms with Gasteiger partial charge in [0.1, 0.15) is 36.0 Å². The fourth-order valence-electron chi connectivity index (χ4n) is 4.69. The number of non-ortho nitro benzene ring substituents is 1. The zero-order valence-corrected chi connectivity index (χ0v) is 22.0. The number of aliphatic imine (C=N–C) groups is 1. The third kappa shape index (κ3) is 5.28. The number of hydrogen-bond acceptors (Lipinski definition) is 7. The number of amides is 3. The van der Waals surface area contributed by atoms with Gasteiger partial charge in [0.25, 0.3) is 5.69 Å². The van der Waals surface area contributed by atoms with E-state index in [0.29, 0.717) is 29.5 Å². The summed E-state index contributed by atoms with van der Waals surface area (Å²) >= 11 is 6.15. The molecule has 202 valence electrons. The van der Waals surface area contributed by atoms with E-state index in [2.05, 4.69) is 15.3 Å². The van der Waals surface area contributed by atoms with Gasteiger partial charge in [-0.3, -0.25) is 24.8 Å². The molecule has 2 aromatic carbocycles. The van der Waals surface area contributed by atoms with E-state index in [1.54, 1.807) is 38.4 Å². The van der Waals surface area contributed by atoms with Gasteiger partial charge in [-0.05, 0) is 37.6 Å². The maximum atomic E-state index is 14.2. The molecule has 2 N–H and O–H groups in total. The lowest BCUT2D eigenvalue weighted by atomic mass is 9.99. The molecule has 12 nitrogen and oxygen atoms in total. The summed E-state index contributed by atoms with van der Waals surface area (Å²) in [6, 6.07) is 9.57. The minimum atomic E-state index is -0.712. The minimum Gasteiger partial charge on any atom is -0.490 e. The topological polar surface area (TPSA) is 146 Å². The number of benzene rings is 2. The number of hydrogen-bond donors (Lipinski definition) is 2. The van der Waals surface area contributed by atoms with Crippen molar-refractivity contribution >= 4 is 35.1 Å². The Morgan fingerprint density at radius 2 is 2.00 bits per heavy atom. The number of imidazole rings is 1. The molecule has 2 unspecified atom stereocenters. The first-order valence-corrected chi connectivity index (χ1v) is 12.7. The first-order valence-electron chi connectivity index (χ1n) is 12.4. The monoisotopic (exact) mass is 551 g/mol. The molecule has 5 rings (SSSR count). The van der Waals surface area contributed by atoms with Crippen LogP contribution in [0.25, 0.3) is 0 Å². The van der Waals surface area contributed by atoms with Crippen molar-refractivity contribution in [1.29, 1.82) is 0 Å². The van der Waals surface area contributed by atoms with Crippen LogP contribution in [0.4, 0.5) is 10.5 Å². The number of aromatic nitrogens is 2. The third-order valence-corrected chi connectivity index (χ3v) is 6.62. The number of urea groups is 1. The number of piperazine rings is 1. The SMILES string of the molecule is CC(C)Oc1cc([N+](=O)[O-])ccc1C1=NC(c2ccc(Cl)cc2)C(c2ncc[nH]2)N1C(=O)N1CCNC(=O)C1. The number of nitro groups is 1. The summed E-state index contributed by atoms with van der Waals surface area (Å²) in [5, 5.41) is 14.8. The van der Waals surface area contributed by atoms with Gasteiger partial charge in [-0.25, -0.2) is 9.78 Å². The second-order valence-corrected chi connectivity index (χ2v) is 9.83. The molecule has 1 saturated heterocycles. The molecule has 0 spiro atoms. The van der Waals surface area contributed by atoms with Crippen molar-refractivity contribution in [3.8, 4) is 5.75 Å². The van der Waals surface area contributed by atoms with E-state index < -0.39 is 23.0 Å². The number of carbonyl (C=O) groups excluding carboxylic acids is 2.